The van der Waals surface area contributed by atoms with E-state index in [0.29, 0.717) is 25.2 Å². The minimum Gasteiger partial charge on any atom is -0.447 e. The van der Waals surface area contributed by atoms with Gasteiger partial charge in [-0.1, -0.05) is 6.08 Å². The van der Waals surface area contributed by atoms with E-state index in [2.05, 4.69) is 0 Å². The number of carbonyl (C=O) groups excluding carboxylic acids is 1. The Morgan fingerprint density at radius 2 is 2.05 bits per heavy atom. The number of amides is 1. The van der Waals surface area contributed by atoms with Gasteiger partial charge in [-0.15, -0.1) is 0 Å². The number of rotatable bonds is 3. The molecule has 0 spiro atoms. The number of ether oxygens (including phenoxy) is 2. The largest absolute Gasteiger partial charge is 0.447 e. The van der Waals surface area contributed by atoms with Gasteiger partial charge in [-0.05, 0) is 24.1 Å². The highest BCUT2D eigenvalue weighted by molar-refractivity contribution is 5.90. The van der Waals surface area contributed by atoms with Gasteiger partial charge in [-0.25, -0.2) is 13.6 Å². The Labute approximate surface area is 125 Å². The topological polar surface area (TPSA) is 59.0 Å². The van der Waals surface area contributed by atoms with Crippen LogP contribution in [0.4, 0.5) is 19.3 Å². The number of anilines is 1. The van der Waals surface area contributed by atoms with E-state index in [4.69, 9.17) is 9.47 Å². The van der Waals surface area contributed by atoms with Crippen molar-refractivity contribution in [2.24, 2.45) is 0 Å². The van der Waals surface area contributed by atoms with Crippen LogP contribution in [0.5, 0.6) is 0 Å². The third kappa shape index (κ3) is 2.57. The molecule has 1 N–H and O–H groups in total. The first-order valence-electron chi connectivity index (χ1n) is 6.95. The summed E-state index contributed by atoms with van der Waals surface area (Å²) >= 11 is 0. The molecule has 0 bridgehead atoms. The van der Waals surface area contributed by atoms with Gasteiger partial charge in [0, 0.05) is 5.56 Å². The van der Waals surface area contributed by atoms with E-state index in [1.807, 2.05) is 0 Å². The summed E-state index contributed by atoms with van der Waals surface area (Å²) in [5.41, 5.74) is 0.489. The highest BCUT2D eigenvalue weighted by Crippen LogP contribution is 2.32. The fourth-order valence-corrected chi connectivity index (χ4v) is 2.67. The number of nitrogens with zero attached hydrogens (tertiary/aromatic N) is 1. The monoisotopic (exact) mass is 311 g/mol. The van der Waals surface area contributed by atoms with Crippen molar-refractivity contribution in [3.05, 3.63) is 35.4 Å². The van der Waals surface area contributed by atoms with Gasteiger partial charge in [0.1, 0.15) is 18.2 Å². The summed E-state index contributed by atoms with van der Waals surface area (Å²) in [7, 11) is 0. The molecular formula is C15H15F2NO4. The lowest BCUT2D eigenvalue weighted by Gasteiger charge is -2.21. The van der Waals surface area contributed by atoms with Gasteiger partial charge >= 0.3 is 6.09 Å². The summed E-state index contributed by atoms with van der Waals surface area (Å²) in [6.07, 6.45) is 1.35. The van der Waals surface area contributed by atoms with Crippen molar-refractivity contribution in [2.45, 2.75) is 12.5 Å². The summed E-state index contributed by atoms with van der Waals surface area (Å²) in [6.45, 7) is 0.376. The van der Waals surface area contributed by atoms with Crippen molar-refractivity contribution >= 4 is 17.4 Å². The van der Waals surface area contributed by atoms with Crippen LogP contribution in [0.15, 0.2) is 18.2 Å². The van der Waals surface area contributed by atoms with Crippen LogP contribution >= 0.6 is 0 Å². The Morgan fingerprint density at radius 1 is 1.32 bits per heavy atom. The third-order valence-electron chi connectivity index (χ3n) is 3.76. The third-order valence-corrected chi connectivity index (χ3v) is 3.76. The Hall–Kier alpha value is -1.99. The molecule has 0 unspecified atom stereocenters. The molecule has 1 aromatic carbocycles. The Morgan fingerprint density at radius 3 is 2.64 bits per heavy atom. The van der Waals surface area contributed by atoms with E-state index in [1.54, 1.807) is 6.08 Å². The molecule has 3 rings (SSSR count). The second-order valence-corrected chi connectivity index (χ2v) is 5.12. The molecule has 0 aromatic heterocycles. The number of hydrogen-bond acceptors (Lipinski definition) is 4. The molecule has 7 heteroatoms. The van der Waals surface area contributed by atoms with Crippen LogP contribution < -0.4 is 4.90 Å². The predicted octanol–water partition coefficient (Wildman–Crippen LogP) is 2.09. The summed E-state index contributed by atoms with van der Waals surface area (Å²) < 4.78 is 38.6. The van der Waals surface area contributed by atoms with Crippen LogP contribution in [0.1, 0.15) is 12.0 Å². The maximum absolute atomic E-state index is 14.3. The Bertz CT molecular complexity index is 609. The number of cyclic esters (lactones) is 1. The molecule has 22 heavy (non-hydrogen) atoms. The molecule has 1 amide bonds. The van der Waals surface area contributed by atoms with E-state index >= 15 is 0 Å². The smallest absolute Gasteiger partial charge is 0.414 e. The molecule has 0 radical (unpaired) electrons. The first-order chi connectivity index (χ1) is 10.6. The van der Waals surface area contributed by atoms with E-state index in [9.17, 15) is 18.7 Å². The van der Waals surface area contributed by atoms with Crippen molar-refractivity contribution in [1.82, 2.24) is 0 Å². The first kappa shape index (κ1) is 14.9. The molecule has 0 saturated carbocycles. The van der Waals surface area contributed by atoms with Gasteiger partial charge in [0.15, 0.2) is 0 Å². The highest BCUT2D eigenvalue weighted by atomic mass is 19.1. The summed E-state index contributed by atoms with van der Waals surface area (Å²) in [4.78, 5) is 12.7. The van der Waals surface area contributed by atoms with Crippen molar-refractivity contribution in [3.63, 3.8) is 0 Å². The second-order valence-electron chi connectivity index (χ2n) is 5.12. The average molecular weight is 311 g/mol. The maximum Gasteiger partial charge on any atom is 0.414 e. The second kappa shape index (κ2) is 6.02. The number of benzene rings is 1. The number of aliphatic hydroxyl groups excluding tert-OH is 1. The van der Waals surface area contributed by atoms with Crippen LogP contribution in [-0.4, -0.2) is 43.7 Å². The number of aliphatic hydroxyl groups is 1. The molecule has 118 valence electrons. The molecule has 5 nitrogen and oxygen atoms in total. The molecule has 2 aliphatic heterocycles. The molecule has 1 saturated heterocycles. The maximum atomic E-state index is 14.3. The molecule has 1 fully saturated rings. The van der Waals surface area contributed by atoms with E-state index in [0.717, 1.165) is 17.0 Å². The predicted molar refractivity (Wildman–Crippen MR) is 74.5 cm³/mol. The zero-order valence-corrected chi connectivity index (χ0v) is 11.7. The van der Waals surface area contributed by atoms with Crippen molar-refractivity contribution < 1.29 is 28.2 Å². The average Bonchev–Trinajstić information content (AvgIpc) is 2.88. The molecule has 0 aliphatic carbocycles. The first-order valence-corrected chi connectivity index (χ1v) is 6.95. The van der Waals surface area contributed by atoms with Crippen LogP contribution in [0.3, 0.4) is 0 Å². The minimum absolute atomic E-state index is 0.0111. The Balaban J connectivity index is 1.99. The van der Waals surface area contributed by atoms with E-state index < -0.39 is 23.8 Å². The standard InChI is InChI=1S/C15H15F2NO4/c16-12-5-10(18-11(7-19)8-22-15(18)20)6-13(17)14(12)9-1-3-21-4-2-9/h1,5-6,11,19H,2-4,7-8H2/t11-/m0/s1. The molecule has 2 aliphatic rings. The fraction of sp³-hybridized carbons (Fsp3) is 0.400. The van der Waals surface area contributed by atoms with Gasteiger partial charge in [-0.2, -0.15) is 0 Å². The fourth-order valence-electron chi connectivity index (χ4n) is 2.67. The minimum atomic E-state index is -0.750. The van der Waals surface area contributed by atoms with Crippen LogP contribution in [-0.2, 0) is 9.47 Å². The van der Waals surface area contributed by atoms with Crippen molar-refractivity contribution in [2.75, 3.05) is 31.3 Å². The SMILES string of the molecule is O=C1OC[C@H](CO)N1c1cc(F)c(C2=CCOCC2)c(F)c1. The van der Waals surface area contributed by atoms with Gasteiger partial charge in [0.2, 0.25) is 0 Å². The molecular weight excluding hydrogens is 296 g/mol. The zero-order valence-electron chi connectivity index (χ0n) is 11.7. The summed E-state index contributed by atoms with van der Waals surface area (Å²) in [5.74, 6) is -1.50. The quantitative estimate of drug-likeness (QED) is 0.928. The van der Waals surface area contributed by atoms with Crippen LogP contribution in [0, 0.1) is 11.6 Å². The number of halogens is 2. The normalized spacial score (nSPS) is 21.8. The molecule has 1 aromatic rings. The van der Waals surface area contributed by atoms with Crippen LogP contribution in [0.25, 0.3) is 5.57 Å². The molecule has 2 heterocycles. The lowest BCUT2D eigenvalue weighted by Crippen LogP contribution is -2.36. The lowest BCUT2D eigenvalue weighted by atomic mass is 9.99. The van der Waals surface area contributed by atoms with Crippen LogP contribution in [0.2, 0.25) is 0 Å². The number of carbonyl (C=O) groups is 1. The van der Waals surface area contributed by atoms with E-state index in [1.165, 1.54) is 0 Å². The van der Waals surface area contributed by atoms with E-state index in [-0.39, 0.29) is 24.5 Å². The van der Waals surface area contributed by atoms with Gasteiger partial charge < -0.3 is 14.6 Å². The van der Waals surface area contributed by atoms with Gasteiger partial charge in [-0.3, -0.25) is 4.90 Å². The Kier molecular flexibility index (Phi) is 4.08. The van der Waals surface area contributed by atoms with Crippen molar-refractivity contribution in [1.29, 1.82) is 0 Å². The van der Waals surface area contributed by atoms with Gasteiger partial charge in [0.05, 0.1) is 31.5 Å². The number of hydrogen-bond donors (Lipinski definition) is 1. The highest BCUT2D eigenvalue weighted by Gasteiger charge is 2.34. The lowest BCUT2D eigenvalue weighted by molar-refractivity contribution is 0.161. The zero-order chi connectivity index (χ0) is 15.7. The summed E-state index contributed by atoms with van der Waals surface area (Å²) in [6, 6.07) is 1.54. The van der Waals surface area contributed by atoms with Crippen molar-refractivity contribution in [3.8, 4) is 0 Å². The molecule has 1 atom stereocenters. The van der Waals surface area contributed by atoms with Gasteiger partial charge in [0.25, 0.3) is 0 Å². The summed E-state index contributed by atoms with van der Waals surface area (Å²) in [5, 5.41) is 9.23.